The summed E-state index contributed by atoms with van der Waals surface area (Å²) in [5, 5.41) is 13.6. The predicted molar refractivity (Wildman–Crippen MR) is 61.9 cm³/mol. The van der Waals surface area contributed by atoms with Crippen LogP contribution in [0.1, 0.15) is 33.1 Å². The predicted octanol–water partition coefficient (Wildman–Crippen LogP) is 0.831. The van der Waals surface area contributed by atoms with Gasteiger partial charge in [-0.05, 0) is 38.6 Å². The Balaban J connectivity index is 1.86. The molecule has 0 aromatic rings. The van der Waals surface area contributed by atoms with E-state index in [4.69, 9.17) is 0 Å². The van der Waals surface area contributed by atoms with E-state index in [1.807, 2.05) is 6.92 Å². The number of piperidine rings is 1. The third kappa shape index (κ3) is 2.71. The molecule has 2 fully saturated rings. The van der Waals surface area contributed by atoms with Crippen molar-refractivity contribution in [2.75, 3.05) is 26.2 Å². The van der Waals surface area contributed by atoms with E-state index in [1.54, 1.807) is 0 Å². The molecule has 3 nitrogen and oxygen atoms in total. The van der Waals surface area contributed by atoms with Gasteiger partial charge in [0.1, 0.15) is 0 Å². The van der Waals surface area contributed by atoms with Gasteiger partial charge >= 0.3 is 0 Å². The van der Waals surface area contributed by atoms with Crippen molar-refractivity contribution in [3.63, 3.8) is 0 Å². The van der Waals surface area contributed by atoms with Crippen LogP contribution in [0.5, 0.6) is 0 Å². The molecule has 2 saturated heterocycles. The van der Waals surface area contributed by atoms with Crippen LogP contribution in [0.2, 0.25) is 0 Å². The molecule has 1 unspecified atom stereocenters. The first-order valence-corrected chi connectivity index (χ1v) is 6.29. The molecule has 2 rings (SSSR count). The summed E-state index contributed by atoms with van der Waals surface area (Å²) in [5.74, 6) is 0.825. The zero-order valence-corrected chi connectivity index (χ0v) is 10.00. The average molecular weight is 212 g/mol. The molecule has 88 valence electrons. The lowest BCUT2D eigenvalue weighted by Crippen LogP contribution is -2.42. The van der Waals surface area contributed by atoms with Crippen molar-refractivity contribution in [2.45, 2.75) is 44.8 Å². The topological polar surface area (TPSA) is 35.5 Å². The van der Waals surface area contributed by atoms with Crippen molar-refractivity contribution in [1.29, 1.82) is 0 Å². The third-order valence-electron chi connectivity index (χ3n) is 4.00. The number of aliphatic hydroxyl groups is 1. The molecule has 0 aliphatic carbocycles. The van der Waals surface area contributed by atoms with E-state index in [-0.39, 0.29) is 0 Å². The SMILES string of the molecule is CCC(C)(O)CN1C[C@@H]2CCCN[C@@H]2C1. The number of rotatable bonds is 3. The van der Waals surface area contributed by atoms with Crippen molar-refractivity contribution in [2.24, 2.45) is 5.92 Å². The second kappa shape index (κ2) is 4.40. The van der Waals surface area contributed by atoms with Gasteiger partial charge in [-0.1, -0.05) is 6.92 Å². The maximum Gasteiger partial charge on any atom is 0.0743 e. The quantitative estimate of drug-likeness (QED) is 0.727. The number of likely N-dealkylation sites (tertiary alicyclic amines) is 1. The highest BCUT2D eigenvalue weighted by molar-refractivity contribution is 4.93. The highest BCUT2D eigenvalue weighted by Crippen LogP contribution is 2.26. The number of β-amino-alcohol motifs (C(OH)–C–C–N with tert-alkyl or cyclic N) is 1. The second-order valence-electron chi connectivity index (χ2n) is 5.51. The van der Waals surface area contributed by atoms with E-state index in [2.05, 4.69) is 17.1 Å². The van der Waals surface area contributed by atoms with Gasteiger partial charge in [0, 0.05) is 25.7 Å². The number of fused-ring (bicyclic) bond motifs is 1. The Labute approximate surface area is 92.8 Å². The maximum atomic E-state index is 10.1. The van der Waals surface area contributed by atoms with Crippen molar-refractivity contribution < 1.29 is 5.11 Å². The molecule has 0 radical (unpaired) electrons. The molecular formula is C12H24N2O. The first-order valence-electron chi connectivity index (χ1n) is 6.29. The number of hydrogen-bond donors (Lipinski definition) is 2. The lowest BCUT2D eigenvalue weighted by molar-refractivity contribution is 0.0218. The Morgan fingerprint density at radius 2 is 2.27 bits per heavy atom. The Hall–Kier alpha value is -0.120. The largest absolute Gasteiger partial charge is 0.389 e. The molecular weight excluding hydrogens is 188 g/mol. The standard InChI is InChI=1S/C12H24N2O/c1-3-12(2,15)9-14-7-10-5-4-6-13-11(10)8-14/h10-11,13,15H,3-9H2,1-2H3/t10-,11+,12?/m0/s1. The van der Waals surface area contributed by atoms with E-state index in [0.29, 0.717) is 6.04 Å². The summed E-state index contributed by atoms with van der Waals surface area (Å²) in [4.78, 5) is 2.43. The third-order valence-corrected chi connectivity index (χ3v) is 4.00. The lowest BCUT2D eigenvalue weighted by atomic mass is 9.94. The summed E-state index contributed by atoms with van der Waals surface area (Å²) in [7, 11) is 0. The molecule has 0 bridgehead atoms. The van der Waals surface area contributed by atoms with Crippen molar-refractivity contribution in [3.8, 4) is 0 Å². The molecule has 2 heterocycles. The lowest BCUT2D eigenvalue weighted by Gasteiger charge is -2.27. The van der Waals surface area contributed by atoms with Crippen LogP contribution in [0.15, 0.2) is 0 Å². The average Bonchev–Trinajstić information content (AvgIpc) is 2.58. The number of nitrogens with one attached hydrogen (secondary N) is 1. The smallest absolute Gasteiger partial charge is 0.0743 e. The first kappa shape index (κ1) is 11.4. The van der Waals surface area contributed by atoms with E-state index < -0.39 is 5.60 Å². The van der Waals surface area contributed by atoms with Crippen LogP contribution in [0, 0.1) is 5.92 Å². The van der Waals surface area contributed by atoms with Crippen LogP contribution < -0.4 is 5.32 Å². The van der Waals surface area contributed by atoms with Gasteiger partial charge in [-0.25, -0.2) is 0 Å². The van der Waals surface area contributed by atoms with Gasteiger partial charge in [0.25, 0.3) is 0 Å². The summed E-state index contributed by atoms with van der Waals surface area (Å²) in [6.45, 7) is 8.32. The molecule has 2 N–H and O–H groups in total. The Kier molecular flexibility index (Phi) is 3.33. The summed E-state index contributed by atoms with van der Waals surface area (Å²) < 4.78 is 0. The van der Waals surface area contributed by atoms with Gasteiger partial charge in [0.05, 0.1) is 5.60 Å². The highest BCUT2D eigenvalue weighted by atomic mass is 16.3. The van der Waals surface area contributed by atoms with E-state index in [9.17, 15) is 5.11 Å². The molecule has 2 aliphatic heterocycles. The number of nitrogens with zero attached hydrogens (tertiary/aromatic N) is 1. The van der Waals surface area contributed by atoms with Crippen LogP contribution in [0.25, 0.3) is 0 Å². The van der Waals surface area contributed by atoms with E-state index in [0.717, 1.165) is 25.4 Å². The molecule has 0 spiro atoms. The van der Waals surface area contributed by atoms with E-state index >= 15 is 0 Å². The monoisotopic (exact) mass is 212 g/mol. The van der Waals surface area contributed by atoms with Gasteiger partial charge in [-0.2, -0.15) is 0 Å². The first-order chi connectivity index (χ1) is 7.11. The highest BCUT2D eigenvalue weighted by Gasteiger charge is 2.36. The van der Waals surface area contributed by atoms with E-state index in [1.165, 1.54) is 25.9 Å². The van der Waals surface area contributed by atoms with Crippen LogP contribution >= 0.6 is 0 Å². The van der Waals surface area contributed by atoms with Crippen molar-refractivity contribution >= 4 is 0 Å². The zero-order valence-electron chi connectivity index (χ0n) is 10.00. The summed E-state index contributed by atoms with van der Waals surface area (Å²) in [6, 6.07) is 0.686. The Bertz CT molecular complexity index is 204. The van der Waals surface area contributed by atoms with Crippen molar-refractivity contribution in [3.05, 3.63) is 0 Å². The molecule has 0 amide bonds. The molecule has 15 heavy (non-hydrogen) atoms. The Morgan fingerprint density at radius 1 is 1.47 bits per heavy atom. The zero-order chi connectivity index (χ0) is 10.9. The van der Waals surface area contributed by atoms with Crippen LogP contribution in [0.3, 0.4) is 0 Å². The fourth-order valence-corrected chi connectivity index (χ4v) is 2.86. The molecule has 0 aromatic carbocycles. The maximum absolute atomic E-state index is 10.1. The minimum Gasteiger partial charge on any atom is -0.389 e. The van der Waals surface area contributed by atoms with Crippen LogP contribution in [-0.2, 0) is 0 Å². The van der Waals surface area contributed by atoms with Gasteiger partial charge in [0.2, 0.25) is 0 Å². The summed E-state index contributed by atoms with van der Waals surface area (Å²) in [6.07, 6.45) is 3.52. The van der Waals surface area contributed by atoms with Crippen LogP contribution in [0.4, 0.5) is 0 Å². The molecule has 0 saturated carbocycles. The summed E-state index contributed by atoms with van der Waals surface area (Å²) in [5.41, 5.74) is -0.506. The van der Waals surface area contributed by atoms with Gasteiger partial charge in [-0.15, -0.1) is 0 Å². The van der Waals surface area contributed by atoms with Crippen molar-refractivity contribution in [1.82, 2.24) is 10.2 Å². The summed E-state index contributed by atoms with van der Waals surface area (Å²) >= 11 is 0. The van der Waals surface area contributed by atoms with Gasteiger partial charge in [0.15, 0.2) is 0 Å². The van der Waals surface area contributed by atoms with Crippen LogP contribution in [-0.4, -0.2) is 47.8 Å². The fourth-order valence-electron chi connectivity index (χ4n) is 2.86. The molecule has 0 aromatic heterocycles. The second-order valence-corrected chi connectivity index (χ2v) is 5.51. The molecule has 2 aliphatic rings. The number of hydrogen-bond acceptors (Lipinski definition) is 3. The minimum atomic E-state index is -0.506. The Morgan fingerprint density at radius 3 is 2.93 bits per heavy atom. The normalized spacial score (nSPS) is 36.2. The van der Waals surface area contributed by atoms with Gasteiger partial charge < -0.3 is 10.4 Å². The minimum absolute atomic E-state index is 0.506. The molecule has 3 heteroatoms. The fraction of sp³-hybridized carbons (Fsp3) is 1.00. The molecule has 3 atom stereocenters. The van der Waals surface area contributed by atoms with Gasteiger partial charge in [-0.3, -0.25) is 4.90 Å².